The fraction of sp³-hybridized carbons (Fsp3) is 0.615. The summed E-state index contributed by atoms with van der Waals surface area (Å²) in [7, 11) is -0.634. The number of thiophene rings is 1. The maximum Gasteiger partial charge on any atom is 0.495 e. The summed E-state index contributed by atoms with van der Waals surface area (Å²) in [5, 5.41) is 3.50. The third kappa shape index (κ3) is 3.64. The summed E-state index contributed by atoms with van der Waals surface area (Å²) in [5.74, 6) is -0.759. The van der Waals surface area contributed by atoms with E-state index in [0.717, 1.165) is 11.3 Å². The van der Waals surface area contributed by atoms with Crippen LogP contribution in [0, 0.1) is 0 Å². The molecule has 1 amide bonds. The molecule has 122 valence electrons. The second kappa shape index (κ2) is 5.54. The number of carbonyl (C=O) groups excluding carboxylic acids is 1. The van der Waals surface area contributed by atoms with Crippen molar-refractivity contribution in [1.82, 2.24) is 5.32 Å². The van der Waals surface area contributed by atoms with Gasteiger partial charge < -0.3 is 14.6 Å². The standard InChI is InChI=1S/C13H17BF3NO3S/c1-11(2)12(3,4)21-14(20-11)8-5-9(22-6-8)10(19)18-7-13(15,16)17/h5-6H,7H2,1-4H3,(H,18,19). The molecule has 0 aliphatic carbocycles. The molecule has 0 spiro atoms. The Labute approximate surface area is 131 Å². The van der Waals surface area contributed by atoms with E-state index in [1.165, 1.54) is 6.07 Å². The van der Waals surface area contributed by atoms with E-state index < -0.39 is 36.9 Å². The number of halogens is 3. The van der Waals surface area contributed by atoms with Crippen LogP contribution in [-0.2, 0) is 9.31 Å². The van der Waals surface area contributed by atoms with E-state index in [-0.39, 0.29) is 4.88 Å². The molecule has 2 heterocycles. The molecule has 1 saturated heterocycles. The minimum Gasteiger partial charge on any atom is -0.399 e. The lowest BCUT2D eigenvalue weighted by Crippen LogP contribution is -2.41. The highest BCUT2D eigenvalue weighted by atomic mass is 32.1. The molecule has 0 aromatic carbocycles. The molecule has 1 aliphatic rings. The van der Waals surface area contributed by atoms with E-state index in [4.69, 9.17) is 9.31 Å². The highest BCUT2D eigenvalue weighted by Crippen LogP contribution is 2.36. The predicted molar refractivity (Wildman–Crippen MR) is 78.4 cm³/mol. The average molecular weight is 335 g/mol. The molecule has 1 fully saturated rings. The molecule has 1 aromatic heterocycles. The van der Waals surface area contributed by atoms with Crippen molar-refractivity contribution in [1.29, 1.82) is 0 Å². The van der Waals surface area contributed by atoms with Gasteiger partial charge in [0, 0.05) is 0 Å². The van der Waals surface area contributed by atoms with E-state index >= 15 is 0 Å². The first-order valence-corrected chi connectivity index (χ1v) is 7.58. The van der Waals surface area contributed by atoms with Crippen LogP contribution in [-0.4, -0.2) is 36.9 Å². The van der Waals surface area contributed by atoms with Gasteiger partial charge in [0.2, 0.25) is 0 Å². The summed E-state index contributed by atoms with van der Waals surface area (Å²) >= 11 is 1.06. The molecular weight excluding hydrogens is 318 g/mol. The van der Waals surface area contributed by atoms with Crippen LogP contribution in [0.25, 0.3) is 0 Å². The molecule has 1 aliphatic heterocycles. The predicted octanol–water partition coefficient (Wildman–Crippen LogP) is 2.34. The normalized spacial score (nSPS) is 20.2. The Balaban J connectivity index is 2.05. The van der Waals surface area contributed by atoms with Crippen molar-refractivity contribution in [2.45, 2.75) is 45.1 Å². The molecule has 0 atom stereocenters. The number of carbonyl (C=O) groups is 1. The maximum atomic E-state index is 12.1. The molecule has 2 rings (SSSR count). The summed E-state index contributed by atoms with van der Waals surface area (Å²) in [4.78, 5) is 11.9. The van der Waals surface area contributed by atoms with Crippen molar-refractivity contribution in [3.63, 3.8) is 0 Å². The van der Waals surface area contributed by atoms with Crippen LogP contribution in [0.15, 0.2) is 11.4 Å². The van der Waals surface area contributed by atoms with Gasteiger partial charge in [-0.3, -0.25) is 4.79 Å². The minimum atomic E-state index is -4.43. The number of hydrogen-bond acceptors (Lipinski definition) is 4. The Morgan fingerprint density at radius 3 is 2.32 bits per heavy atom. The number of nitrogens with one attached hydrogen (secondary N) is 1. The smallest absolute Gasteiger partial charge is 0.399 e. The lowest BCUT2D eigenvalue weighted by atomic mass is 9.81. The van der Waals surface area contributed by atoms with Gasteiger partial charge in [0.25, 0.3) is 5.91 Å². The molecule has 1 N–H and O–H groups in total. The highest BCUT2D eigenvalue weighted by molar-refractivity contribution is 7.13. The Morgan fingerprint density at radius 2 is 1.82 bits per heavy atom. The van der Waals surface area contributed by atoms with Crippen LogP contribution in [0.3, 0.4) is 0 Å². The molecule has 4 nitrogen and oxygen atoms in total. The third-order valence-electron chi connectivity index (χ3n) is 3.82. The summed E-state index contributed by atoms with van der Waals surface area (Å²) in [5.41, 5.74) is -0.405. The van der Waals surface area contributed by atoms with Crippen molar-refractivity contribution >= 4 is 29.8 Å². The Morgan fingerprint density at radius 1 is 1.27 bits per heavy atom. The first-order chi connectivity index (χ1) is 9.91. The topological polar surface area (TPSA) is 47.6 Å². The summed E-state index contributed by atoms with van der Waals surface area (Å²) < 4.78 is 48.0. The van der Waals surface area contributed by atoms with Crippen LogP contribution in [0.4, 0.5) is 13.2 Å². The second-order valence-electron chi connectivity index (χ2n) is 6.13. The second-order valence-corrected chi connectivity index (χ2v) is 7.04. The number of alkyl halides is 3. The summed E-state index contributed by atoms with van der Waals surface area (Å²) in [6, 6.07) is 1.50. The van der Waals surface area contributed by atoms with E-state index in [9.17, 15) is 18.0 Å². The van der Waals surface area contributed by atoms with Gasteiger partial charge in [0.05, 0.1) is 16.1 Å². The molecule has 0 radical (unpaired) electrons. The van der Waals surface area contributed by atoms with Gasteiger partial charge >= 0.3 is 13.3 Å². The van der Waals surface area contributed by atoms with Crippen molar-refractivity contribution in [3.05, 3.63) is 16.3 Å². The van der Waals surface area contributed by atoms with E-state index in [1.807, 2.05) is 33.0 Å². The van der Waals surface area contributed by atoms with Crippen LogP contribution < -0.4 is 10.8 Å². The van der Waals surface area contributed by atoms with Gasteiger partial charge in [-0.15, -0.1) is 11.3 Å². The zero-order valence-electron chi connectivity index (χ0n) is 12.7. The van der Waals surface area contributed by atoms with Crippen LogP contribution >= 0.6 is 11.3 Å². The van der Waals surface area contributed by atoms with Crippen molar-refractivity contribution in [3.8, 4) is 0 Å². The highest BCUT2D eigenvalue weighted by Gasteiger charge is 2.52. The largest absolute Gasteiger partial charge is 0.495 e. The van der Waals surface area contributed by atoms with Gasteiger partial charge in [0.15, 0.2) is 0 Å². The Hall–Kier alpha value is -1.06. The van der Waals surface area contributed by atoms with Crippen LogP contribution in [0.1, 0.15) is 37.4 Å². The Bertz CT molecular complexity index is 555. The molecule has 22 heavy (non-hydrogen) atoms. The quantitative estimate of drug-likeness (QED) is 0.863. The monoisotopic (exact) mass is 335 g/mol. The molecule has 0 saturated carbocycles. The number of amides is 1. The molecule has 1 aromatic rings. The lowest BCUT2D eigenvalue weighted by Gasteiger charge is -2.32. The maximum absolute atomic E-state index is 12.1. The first kappa shape index (κ1) is 17.3. The van der Waals surface area contributed by atoms with Crippen LogP contribution in [0.2, 0.25) is 0 Å². The van der Waals surface area contributed by atoms with Crippen molar-refractivity contribution < 1.29 is 27.3 Å². The van der Waals surface area contributed by atoms with Gasteiger partial charge in [-0.05, 0) is 44.6 Å². The fourth-order valence-corrected chi connectivity index (χ4v) is 2.67. The van der Waals surface area contributed by atoms with Gasteiger partial charge in [-0.1, -0.05) is 0 Å². The van der Waals surface area contributed by atoms with E-state index in [1.54, 1.807) is 5.38 Å². The summed E-state index contributed by atoms with van der Waals surface area (Å²) in [6.45, 7) is 6.24. The summed E-state index contributed by atoms with van der Waals surface area (Å²) in [6.07, 6.45) is -4.43. The van der Waals surface area contributed by atoms with E-state index in [0.29, 0.717) is 5.46 Å². The molecule has 9 heteroatoms. The zero-order valence-corrected chi connectivity index (χ0v) is 13.5. The number of rotatable bonds is 3. The minimum absolute atomic E-state index is 0.189. The first-order valence-electron chi connectivity index (χ1n) is 6.70. The molecule has 0 unspecified atom stereocenters. The lowest BCUT2D eigenvalue weighted by molar-refractivity contribution is -0.123. The van der Waals surface area contributed by atoms with Crippen LogP contribution in [0.5, 0.6) is 0 Å². The van der Waals surface area contributed by atoms with E-state index in [2.05, 4.69) is 0 Å². The van der Waals surface area contributed by atoms with Gasteiger partial charge in [-0.2, -0.15) is 13.2 Å². The molecule has 0 bridgehead atoms. The Kier molecular flexibility index (Phi) is 4.36. The molecular formula is C13H17BF3NO3S. The fourth-order valence-electron chi connectivity index (χ4n) is 1.84. The number of hydrogen-bond donors (Lipinski definition) is 1. The van der Waals surface area contributed by atoms with Crippen molar-refractivity contribution in [2.24, 2.45) is 0 Å². The van der Waals surface area contributed by atoms with Crippen molar-refractivity contribution in [2.75, 3.05) is 6.54 Å². The average Bonchev–Trinajstić information content (AvgIpc) is 2.89. The SMILES string of the molecule is CC1(C)OB(c2csc(C(=O)NCC(F)(F)F)c2)OC1(C)C. The van der Waals surface area contributed by atoms with Gasteiger partial charge in [-0.25, -0.2) is 0 Å². The third-order valence-corrected chi connectivity index (χ3v) is 4.77. The van der Waals surface area contributed by atoms with Gasteiger partial charge in [0.1, 0.15) is 6.54 Å². The zero-order chi connectivity index (χ0) is 16.8.